The van der Waals surface area contributed by atoms with Crippen LogP contribution in [-0.4, -0.2) is 38.9 Å². The van der Waals surface area contributed by atoms with Crippen LogP contribution < -0.4 is 10.6 Å². The lowest BCUT2D eigenvalue weighted by Gasteiger charge is -2.12. The first-order valence-electron chi connectivity index (χ1n) is 8.56. The van der Waals surface area contributed by atoms with Crippen LogP contribution in [0.15, 0.2) is 29.3 Å². The fraction of sp³-hybridized carbons (Fsp3) is 0.611. The van der Waals surface area contributed by atoms with Crippen LogP contribution in [0.2, 0.25) is 0 Å². The van der Waals surface area contributed by atoms with E-state index in [1.54, 1.807) is 0 Å². The Balaban J connectivity index is 0.00000529. The highest BCUT2D eigenvalue weighted by atomic mass is 127. The Kier molecular flexibility index (Phi) is 15.1. The number of halogens is 1. The quantitative estimate of drug-likeness (QED) is 0.236. The zero-order chi connectivity index (χ0) is 16.8. The lowest BCUT2D eigenvalue weighted by molar-refractivity contribution is 0.133. The summed E-state index contributed by atoms with van der Waals surface area (Å²) in [5, 5.41) is 6.61. The standard InChI is InChI=1S/C18H31N3O2.HI/c1-4-19-18(20-12-9-13-22-5-2)21-14-16-10-7-8-11-17(16)15-23-6-3;/h7-8,10-11H,4-6,9,12-15H2,1-3H3,(H2,19,20,21);1H. The summed E-state index contributed by atoms with van der Waals surface area (Å²) in [5.74, 6) is 0.843. The molecule has 138 valence electrons. The number of nitrogens with zero attached hydrogens (tertiary/aromatic N) is 1. The monoisotopic (exact) mass is 449 g/mol. The van der Waals surface area contributed by atoms with E-state index in [1.165, 1.54) is 11.1 Å². The normalized spacial score (nSPS) is 11.0. The Morgan fingerprint density at radius 3 is 2.38 bits per heavy atom. The van der Waals surface area contributed by atoms with E-state index in [4.69, 9.17) is 9.47 Å². The van der Waals surface area contributed by atoms with E-state index in [2.05, 4.69) is 34.7 Å². The first-order valence-corrected chi connectivity index (χ1v) is 8.56. The third-order valence-corrected chi connectivity index (χ3v) is 3.29. The van der Waals surface area contributed by atoms with Crippen LogP contribution in [0.1, 0.15) is 38.3 Å². The SMILES string of the molecule is CCNC(=NCc1ccccc1COCC)NCCCOCC.I. The molecule has 1 aromatic rings. The molecule has 0 saturated carbocycles. The van der Waals surface area contributed by atoms with Gasteiger partial charge in [0.15, 0.2) is 5.96 Å². The van der Waals surface area contributed by atoms with E-state index in [1.807, 2.05) is 26.0 Å². The van der Waals surface area contributed by atoms with Gasteiger partial charge in [-0.15, -0.1) is 24.0 Å². The third kappa shape index (κ3) is 10.1. The fourth-order valence-electron chi connectivity index (χ4n) is 2.10. The second kappa shape index (κ2) is 15.7. The summed E-state index contributed by atoms with van der Waals surface area (Å²) in [6.07, 6.45) is 0.971. The van der Waals surface area contributed by atoms with Crippen molar-refractivity contribution in [3.05, 3.63) is 35.4 Å². The van der Waals surface area contributed by atoms with Gasteiger partial charge >= 0.3 is 0 Å². The molecule has 0 aliphatic heterocycles. The molecule has 0 radical (unpaired) electrons. The maximum absolute atomic E-state index is 5.52. The minimum Gasteiger partial charge on any atom is -0.382 e. The average Bonchev–Trinajstić information content (AvgIpc) is 2.58. The van der Waals surface area contributed by atoms with Gasteiger partial charge < -0.3 is 20.1 Å². The van der Waals surface area contributed by atoms with Gasteiger partial charge in [0.25, 0.3) is 0 Å². The zero-order valence-electron chi connectivity index (χ0n) is 15.1. The van der Waals surface area contributed by atoms with Gasteiger partial charge in [-0.25, -0.2) is 4.99 Å². The summed E-state index contributed by atoms with van der Waals surface area (Å²) < 4.78 is 10.9. The number of ether oxygens (including phenoxy) is 2. The van der Waals surface area contributed by atoms with E-state index >= 15 is 0 Å². The largest absolute Gasteiger partial charge is 0.382 e. The van der Waals surface area contributed by atoms with E-state index in [9.17, 15) is 0 Å². The molecule has 0 unspecified atom stereocenters. The Morgan fingerprint density at radius 2 is 1.71 bits per heavy atom. The molecule has 2 N–H and O–H groups in total. The second-order valence-corrected chi connectivity index (χ2v) is 5.08. The van der Waals surface area contributed by atoms with Crippen LogP contribution in [-0.2, 0) is 22.6 Å². The van der Waals surface area contributed by atoms with Crippen LogP contribution >= 0.6 is 24.0 Å². The summed E-state index contributed by atoms with van der Waals surface area (Å²) in [6, 6.07) is 8.29. The second-order valence-electron chi connectivity index (χ2n) is 5.08. The van der Waals surface area contributed by atoms with Crippen molar-refractivity contribution in [2.45, 2.75) is 40.3 Å². The average molecular weight is 449 g/mol. The van der Waals surface area contributed by atoms with E-state index in [-0.39, 0.29) is 24.0 Å². The number of aliphatic imine (C=N–C) groups is 1. The minimum absolute atomic E-state index is 0. The molecule has 0 saturated heterocycles. The van der Waals surface area contributed by atoms with Crippen LogP contribution in [0, 0.1) is 0 Å². The Hall–Kier alpha value is -0.860. The molecule has 6 heteroatoms. The van der Waals surface area contributed by atoms with Crippen molar-refractivity contribution < 1.29 is 9.47 Å². The maximum Gasteiger partial charge on any atom is 0.191 e. The van der Waals surface area contributed by atoms with Gasteiger partial charge in [-0.05, 0) is 38.3 Å². The van der Waals surface area contributed by atoms with Gasteiger partial charge in [-0.3, -0.25) is 0 Å². The van der Waals surface area contributed by atoms with Crippen LogP contribution in [0.5, 0.6) is 0 Å². The highest BCUT2D eigenvalue weighted by Crippen LogP contribution is 2.11. The Labute approximate surface area is 163 Å². The van der Waals surface area contributed by atoms with Crippen LogP contribution in [0.25, 0.3) is 0 Å². The van der Waals surface area contributed by atoms with E-state index < -0.39 is 0 Å². The number of guanidine groups is 1. The zero-order valence-corrected chi connectivity index (χ0v) is 17.5. The number of nitrogens with one attached hydrogen (secondary N) is 2. The predicted octanol–water partition coefficient (Wildman–Crippen LogP) is 3.32. The lowest BCUT2D eigenvalue weighted by Crippen LogP contribution is -2.38. The summed E-state index contributed by atoms with van der Waals surface area (Å²) in [4.78, 5) is 4.67. The van der Waals surface area contributed by atoms with Crippen molar-refractivity contribution in [2.24, 2.45) is 4.99 Å². The highest BCUT2D eigenvalue weighted by Gasteiger charge is 2.02. The molecule has 0 spiro atoms. The van der Waals surface area contributed by atoms with Gasteiger partial charge in [0.1, 0.15) is 0 Å². The Morgan fingerprint density at radius 1 is 1.00 bits per heavy atom. The van der Waals surface area contributed by atoms with Gasteiger partial charge in [0, 0.05) is 32.9 Å². The van der Waals surface area contributed by atoms with Crippen LogP contribution in [0.3, 0.4) is 0 Å². The molecular formula is C18H32IN3O2. The number of benzene rings is 1. The van der Waals surface area contributed by atoms with Crippen molar-refractivity contribution in [1.82, 2.24) is 10.6 Å². The van der Waals surface area contributed by atoms with Gasteiger partial charge in [-0.2, -0.15) is 0 Å². The summed E-state index contributed by atoms with van der Waals surface area (Å²) in [6.45, 7) is 11.3. The first kappa shape index (κ1) is 23.1. The van der Waals surface area contributed by atoms with Crippen molar-refractivity contribution in [1.29, 1.82) is 0 Å². The molecule has 5 nitrogen and oxygen atoms in total. The lowest BCUT2D eigenvalue weighted by atomic mass is 10.1. The molecular weight excluding hydrogens is 417 g/mol. The molecule has 0 heterocycles. The molecule has 0 amide bonds. The van der Waals surface area contributed by atoms with Crippen molar-refractivity contribution in [2.75, 3.05) is 32.9 Å². The minimum atomic E-state index is 0. The van der Waals surface area contributed by atoms with E-state index in [0.717, 1.165) is 45.3 Å². The van der Waals surface area contributed by atoms with Crippen molar-refractivity contribution in [3.63, 3.8) is 0 Å². The smallest absolute Gasteiger partial charge is 0.191 e. The molecule has 0 bridgehead atoms. The maximum atomic E-state index is 5.52. The van der Waals surface area contributed by atoms with Crippen molar-refractivity contribution in [3.8, 4) is 0 Å². The summed E-state index contributed by atoms with van der Waals surface area (Å²) in [7, 11) is 0. The molecule has 0 aliphatic rings. The van der Waals surface area contributed by atoms with Crippen molar-refractivity contribution >= 4 is 29.9 Å². The fourth-order valence-corrected chi connectivity index (χ4v) is 2.10. The molecule has 1 aromatic carbocycles. The Bertz CT molecular complexity index is 456. The number of hydrogen-bond donors (Lipinski definition) is 2. The summed E-state index contributed by atoms with van der Waals surface area (Å²) in [5.41, 5.74) is 2.40. The molecule has 1 rings (SSSR count). The summed E-state index contributed by atoms with van der Waals surface area (Å²) >= 11 is 0. The molecule has 0 aromatic heterocycles. The predicted molar refractivity (Wildman–Crippen MR) is 111 cm³/mol. The van der Waals surface area contributed by atoms with Gasteiger partial charge in [-0.1, -0.05) is 24.3 Å². The first-order chi connectivity index (χ1) is 11.3. The molecule has 0 fully saturated rings. The topological polar surface area (TPSA) is 54.9 Å². The van der Waals surface area contributed by atoms with E-state index in [0.29, 0.717) is 13.2 Å². The molecule has 0 aliphatic carbocycles. The molecule has 24 heavy (non-hydrogen) atoms. The molecule has 0 atom stereocenters. The van der Waals surface area contributed by atoms with Gasteiger partial charge in [0.05, 0.1) is 13.2 Å². The van der Waals surface area contributed by atoms with Gasteiger partial charge in [0.2, 0.25) is 0 Å². The highest BCUT2D eigenvalue weighted by molar-refractivity contribution is 14.0. The van der Waals surface area contributed by atoms with Crippen LogP contribution in [0.4, 0.5) is 0 Å². The third-order valence-electron chi connectivity index (χ3n) is 3.29. The number of hydrogen-bond acceptors (Lipinski definition) is 3. The number of rotatable bonds is 11.